The van der Waals surface area contributed by atoms with Gasteiger partial charge in [-0.25, -0.2) is 0 Å². The summed E-state index contributed by atoms with van der Waals surface area (Å²) >= 11 is 0. The standard InChI is InChI=1S/C18H20N2O4/c1-18(2)12-13-6-5-8-15(16(13)24-18)23-11-9-19-17(21)14-7-3-4-10-20(14)22/h3-8,10H,9,11-12H2,1-2H3,(H,19,21). The highest BCUT2D eigenvalue weighted by Gasteiger charge is 2.32. The van der Waals surface area contributed by atoms with Crippen molar-refractivity contribution in [2.45, 2.75) is 25.9 Å². The summed E-state index contributed by atoms with van der Waals surface area (Å²) in [6.07, 6.45) is 2.13. The van der Waals surface area contributed by atoms with Gasteiger partial charge in [-0.3, -0.25) is 4.79 Å². The van der Waals surface area contributed by atoms with Gasteiger partial charge in [-0.05, 0) is 26.0 Å². The van der Waals surface area contributed by atoms with E-state index < -0.39 is 5.91 Å². The number of pyridine rings is 1. The summed E-state index contributed by atoms with van der Waals surface area (Å²) in [4.78, 5) is 11.9. The lowest BCUT2D eigenvalue weighted by atomic mass is 10.0. The Kier molecular flexibility index (Phi) is 4.29. The van der Waals surface area contributed by atoms with Gasteiger partial charge in [0.1, 0.15) is 12.2 Å². The Hall–Kier alpha value is -2.76. The molecule has 1 aromatic heterocycles. The van der Waals surface area contributed by atoms with Crippen LogP contribution in [-0.2, 0) is 6.42 Å². The van der Waals surface area contributed by atoms with Crippen LogP contribution in [0.4, 0.5) is 0 Å². The first-order valence-corrected chi connectivity index (χ1v) is 7.86. The van der Waals surface area contributed by atoms with E-state index in [2.05, 4.69) is 5.32 Å². The number of para-hydroxylation sites is 1. The van der Waals surface area contributed by atoms with E-state index in [9.17, 15) is 10.0 Å². The molecule has 1 N–H and O–H groups in total. The number of carbonyl (C=O) groups excluding carboxylic acids is 1. The van der Waals surface area contributed by atoms with Gasteiger partial charge in [0.25, 0.3) is 5.69 Å². The Morgan fingerprint density at radius 1 is 1.33 bits per heavy atom. The molecule has 1 aromatic carbocycles. The maximum atomic E-state index is 11.9. The second-order valence-corrected chi connectivity index (χ2v) is 6.30. The molecule has 0 atom stereocenters. The highest BCUT2D eigenvalue weighted by molar-refractivity contribution is 5.90. The number of hydrogen-bond acceptors (Lipinski definition) is 4. The first-order chi connectivity index (χ1) is 11.5. The van der Waals surface area contributed by atoms with Crippen LogP contribution < -0.4 is 19.5 Å². The molecule has 24 heavy (non-hydrogen) atoms. The van der Waals surface area contributed by atoms with Gasteiger partial charge < -0.3 is 20.0 Å². The fraction of sp³-hybridized carbons (Fsp3) is 0.333. The van der Waals surface area contributed by atoms with E-state index in [-0.39, 0.29) is 17.9 Å². The lowest BCUT2D eigenvalue weighted by Gasteiger charge is -2.18. The number of carbonyl (C=O) groups is 1. The van der Waals surface area contributed by atoms with Crippen LogP contribution in [0.15, 0.2) is 42.6 Å². The summed E-state index contributed by atoms with van der Waals surface area (Å²) in [5.41, 5.74) is 0.951. The molecular formula is C18H20N2O4. The van der Waals surface area contributed by atoms with Crippen LogP contribution in [0.2, 0.25) is 0 Å². The zero-order valence-electron chi connectivity index (χ0n) is 13.7. The number of nitrogens with one attached hydrogen (secondary N) is 1. The van der Waals surface area contributed by atoms with E-state index in [0.717, 1.165) is 17.7 Å². The fourth-order valence-corrected chi connectivity index (χ4v) is 2.72. The Morgan fingerprint density at radius 3 is 2.96 bits per heavy atom. The van der Waals surface area contributed by atoms with Crippen LogP contribution >= 0.6 is 0 Å². The second-order valence-electron chi connectivity index (χ2n) is 6.30. The van der Waals surface area contributed by atoms with Crippen LogP contribution in [-0.4, -0.2) is 24.7 Å². The minimum absolute atomic E-state index is 0.0585. The molecule has 126 valence electrons. The third kappa shape index (κ3) is 3.42. The van der Waals surface area contributed by atoms with Crippen molar-refractivity contribution in [3.63, 3.8) is 0 Å². The van der Waals surface area contributed by atoms with Gasteiger partial charge in [-0.2, -0.15) is 4.73 Å². The maximum absolute atomic E-state index is 11.9. The quantitative estimate of drug-likeness (QED) is 0.516. The van der Waals surface area contributed by atoms with Crippen LogP contribution in [0.3, 0.4) is 0 Å². The number of rotatable bonds is 5. The van der Waals surface area contributed by atoms with Gasteiger partial charge in [0.15, 0.2) is 17.7 Å². The predicted octanol–water partition coefficient (Wildman–Crippen LogP) is 1.84. The lowest BCUT2D eigenvalue weighted by Crippen LogP contribution is -2.40. The summed E-state index contributed by atoms with van der Waals surface area (Å²) in [7, 11) is 0. The van der Waals surface area contributed by atoms with E-state index >= 15 is 0 Å². The minimum Gasteiger partial charge on any atom is -0.618 e. The number of aromatic nitrogens is 1. The zero-order valence-corrected chi connectivity index (χ0v) is 13.7. The zero-order chi connectivity index (χ0) is 17.2. The van der Waals surface area contributed by atoms with Gasteiger partial charge in [0.05, 0.1) is 6.54 Å². The predicted molar refractivity (Wildman–Crippen MR) is 88.1 cm³/mol. The number of amides is 1. The molecule has 0 saturated carbocycles. The van der Waals surface area contributed by atoms with Crippen LogP contribution in [0.1, 0.15) is 29.9 Å². The first kappa shape index (κ1) is 16.1. The number of fused-ring (bicyclic) bond motifs is 1. The van der Waals surface area contributed by atoms with E-state index in [1.165, 1.54) is 12.3 Å². The van der Waals surface area contributed by atoms with Crippen LogP contribution in [0, 0.1) is 5.21 Å². The molecule has 0 saturated heterocycles. The summed E-state index contributed by atoms with van der Waals surface area (Å²) in [5.74, 6) is 1.02. The van der Waals surface area contributed by atoms with Crippen molar-refractivity contribution in [1.29, 1.82) is 0 Å². The fourth-order valence-electron chi connectivity index (χ4n) is 2.72. The Bertz CT molecular complexity index is 758. The van der Waals surface area contributed by atoms with Crippen molar-refractivity contribution in [3.05, 3.63) is 59.1 Å². The molecule has 1 aliphatic rings. The highest BCUT2D eigenvalue weighted by Crippen LogP contribution is 2.41. The Balaban J connectivity index is 1.54. The molecule has 0 aliphatic carbocycles. The topological polar surface area (TPSA) is 74.5 Å². The second kappa shape index (κ2) is 6.39. The normalized spacial score (nSPS) is 14.6. The summed E-state index contributed by atoms with van der Waals surface area (Å²) in [5, 5.41) is 14.2. The third-order valence-corrected chi connectivity index (χ3v) is 3.76. The lowest BCUT2D eigenvalue weighted by molar-refractivity contribution is -0.607. The van der Waals surface area contributed by atoms with Crippen molar-refractivity contribution >= 4 is 5.91 Å². The smallest absolute Gasteiger partial charge is 0.317 e. The molecule has 1 amide bonds. The molecule has 0 unspecified atom stereocenters. The van der Waals surface area contributed by atoms with Crippen LogP contribution in [0.5, 0.6) is 11.5 Å². The Morgan fingerprint density at radius 2 is 2.17 bits per heavy atom. The molecular weight excluding hydrogens is 308 g/mol. The SMILES string of the molecule is CC1(C)Cc2cccc(OCCNC(=O)c3cccc[n+]3[O-])c2O1. The summed E-state index contributed by atoms with van der Waals surface area (Å²) in [6, 6.07) is 10.5. The van der Waals surface area contributed by atoms with E-state index in [1.54, 1.807) is 12.1 Å². The maximum Gasteiger partial charge on any atom is 0.317 e. The first-order valence-electron chi connectivity index (χ1n) is 7.86. The van der Waals surface area contributed by atoms with Crippen LogP contribution in [0.25, 0.3) is 0 Å². The van der Waals surface area contributed by atoms with E-state index in [4.69, 9.17) is 9.47 Å². The number of ether oxygens (including phenoxy) is 2. The van der Waals surface area contributed by atoms with E-state index in [0.29, 0.717) is 17.0 Å². The van der Waals surface area contributed by atoms with Gasteiger partial charge in [0, 0.05) is 24.1 Å². The molecule has 1 aliphatic heterocycles. The molecule has 0 spiro atoms. The molecule has 2 aromatic rings. The van der Waals surface area contributed by atoms with Crippen molar-refractivity contribution < 1.29 is 19.0 Å². The minimum atomic E-state index is -0.426. The van der Waals surface area contributed by atoms with E-state index in [1.807, 2.05) is 32.0 Å². The van der Waals surface area contributed by atoms with Gasteiger partial charge in [-0.15, -0.1) is 0 Å². The molecule has 6 nitrogen and oxygen atoms in total. The van der Waals surface area contributed by atoms with Gasteiger partial charge in [0.2, 0.25) is 0 Å². The Labute approximate surface area is 140 Å². The van der Waals surface area contributed by atoms with Gasteiger partial charge in [-0.1, -0.05) is 12.1 Å². The molecule has 0 bridgehead atoms. The highest BCUT2D eigenvalue weighted by atomic mass is 16.5. The average molecular weight is 328 g/mol. The van der Waals surface area contributed by atoms with Crippen molar-refractivity contribution in [3.8, 4) is 11.5 Å². The third-order valence-electron chi connectivity index (χ3n) is 3.76. The number of nitrogens with zero attached hydrogens (tertiary/aromatic N) is 1. The molecule has 0 fully saturated rings. The summed E-state index contributed by atoms with van der Waals surface area (Å²) in [6.45, 7) is 4.66. The van der Waals surface area contributed by atoms with Gasteiger partial charge >= 0.3 is 5.91 Å². The summed E-state index contributed by atoms with van der Waals surface area (Å²) < 4.78 is 12.2. The van der Waals surface area contributed by atoms with Crippen molar-refractivity contribution in [1.82, 2.24) is 5.32 Å². The molecule has 6 heteroatoms. The number of hydrogen-bond donors (Lipinski definition) is 1. The van der Waals surface area contributed by atoms with Crippen molar-refractivity contribution in [2.24, 2.45) is 0 Å². The van der Waals surface area contributed by atoms with Crippen molar-refractivity contribution in [2.75, 3.05) is 13.2 Å². The molecule has 0 radical (unpaired) electrons. The number of benzene rings is 1. The molecule has 2 heterocycles. The largest absolute Gasteiger partial charge is 0.618 e. The average Bonchev–Trinajstić information content (AvgIpc) is 2.86. The molecule has 3 rings (SSSR count). The monoisotopic (exact) mass is 328 g/mol.